The third kappa shape index (κ3) is 3.65. The number of para-hydroxylation sites is 1. The summed E-state index contributed by atoms with van der Waals surface area (Å²) in [5, 5.41) is 0. The average Bonchev–Trinajstić information content (AvgIpc) is 2.88. The van der Waals surface area contributed by atoms with Crippen LogP contribution in [0.1, 0.15) is 16.8 Å². The molecule has 2 aromatic rings. The van der Waals surface area contributed by atoms with Crippen LogP contribution in [0.5, 0.6) is 5.75 Å². The fraction of sp³-hybridized carbons (Fsp3) is 0.316. The first-order valence-corrected chi connectivity index (χ1v) is 8.01. The van der Waals surface area contributed by atoms with Crippen molar-refractivity contribution in [1.29, 1.82) is 0 Å². The van der Waals surface area contributed by atoms with Crippen molar-refractivity contribution in [2.24, 2.45) is 0 Å². The van der Waals surface area contributed by atoms with E-state index in [9.17, 15) is 4.79 Å². The van der Waals surface area contributed by atoms with Gasteiger partial charge in [-0.1, -0.05) is 24.3 Å². The highest BCUT2D eigenvalue weighted by atomic mass is 16.5. The molecule has 1 saturated heterocycles. The second kappa shape index (κ2) is 7.18. The van der Waals surface area contributed by atoms with E-state index in [1.165, 1.54) is 5.69 Å². The van der Waals surface area contributed by atoms with Crippen LogP contribution in [0.15, 0.2) is 54.6 Å². The van der Waals surface area contributed by atoms with Gasteiger partial charge in [0.2, 0.25) is 0 Å². The first kappa shape index (κ1) is 15.4. The monoisotopic (exact) mass is 310 g/mol. The zero-order valence-corrected chi connectivity index (χ0v) is 13.4. The van der Waals surface area contributed by atoms with E-state index >= 15 is 0 Å². The lowest BCUT2D eigenvalue weighted by Crippen LogP contribution is -2.35. The molecule has 0 unspecified atom stereocenters. The maximum Gasteiger partial charge on any atom is 0.254 e. The van der Waals surface area contributed by atoms with E-state index in [-0.39, 0.29) is 5.91 Å². The fourth-order valence-electron chi connectivity index (χ4n) is 2.96. The molecule has 0 saturated carbocycles. The molecule has 1 amide bonds. The highest BCUT2D eigenvalue weighted by molar-refractivity contribution is 5.94. The Balaban J connectivity index is 1.69. The summed E-state index contributed by atoms with van der Waals surface area (Å²) >= 11 is 0. The van der Waals surface area contributed by atoms with Gasteiger partial charge in [-0.3, -0.25) is 4.79 Å². The number of benzene rings is 2. The van der Waals surface area contributed by atoms with Crippen LogP contribution < -0.4 is 9.64 Å². The number of rotatable bonds is 3. The Morgan fingerprint density at radius 3 is 2.57 bits per heavy atom. The van der Waals surface area contributed by atoms with E-state index in [0.29, 0.717) is 5.56 Å². The molecule has 0 aromatic heterocycles. The summed E-state index contributed by atoms with van der Waals surface area (Å²) < 4.78 is 5.21. The number of hydrogen-bond acceptors (Lipinski definition) is 3. The summed E-state index contributed by atoms with van der Waals surface area (Å²) in [6, 6.07) is 17.8. The molecule has 1 heterocycles. The number of carbonyl (C=O) groups is 1. The van der Waals surface area contributed by atoms with Gasteiger partial charge in [0.15, 0.2) is 0 Å². The van der Waals surface area contributed by atoms with Gasteiger partial charge in [0.05, 0.1) is 7.11 Å². The van der Waals surface area contributed by atoms with Crippen molar-refractivity contribution in [3.05, 3.63) is 60.2 Å². The molecule has 0 radical (unpaired) electrons. The topological polar surface area (TPSA) is 32.8 Å². The number of carbonyl (C=O) groups excluding carboxylic acids is 1. The van der Waals surface area contributed by atoms with Crippen LogP contribution in [-0.4, -0.2) is 44.1 Å². The second-order valence-corrected chi connectivity index (χ2v) is 5.70. The van der Waals surface area contributed by atoms with Crippen molar-refractivity contribution < 1.29 is 9.53 Å². The molecular weight excluding hydrogens is 288 g/mol. The highest BCUT2D eigenvalue weighted by Gasteiger charge is 2.20. The second-order valence-electron chi connectivity index (χ2n) is 5.70. The zero-order valence-electron chi connectivity index (χ0n) is 13.4. The van der Waals surface area contributed by atoms with E-state index < -0.39 is 0 Å². The van der Waals surface area contributed by atoms with Crippen LogP contribution in [0.4, 0.5) is 5.69 Å². The minimum Gasteiger partial charge on any atom is -0.497 e. The number of anilines is 1. The molecule has 3 rings (SSSR count). The molecule has 0 aliphatic carbocycles. The smallest absolute Gasteiger partial charge is 0.254 e. The minimum atomic E-state index is 0.0822. The van der Waals surface area contributed by atoms with Crippen LogP contribution in [0.25, 0.3) is 0 Å². The van der Waals surface area contributed by atoms with Gasteiger partial charge in [-0.2, -0.15) is 0 Å². The maximum atomic E-state index is 12.7. The van der Waals surface area contributed by atoms with Crippen molar-refractivity contribution in [2.45, 2.75) is 6.42 Å². The normalized spacial score (nSPS) is 15.2. The predicted octanol–water partition coefficient (Wildman–Crippen LogP) is 3.05. The van der Waals surface area contributed by atoms with E-state index in [4.69, 9.17) is 4.74 Å². The van der Waals surface area contributed by atoms with Crippen molar-refractivity contribution in [2.75, 3.05) is 38.2 Å². The number of nitrogens with zero attached hydrogens (tertiary/aromatic N) is 2. The van der Waals surface area contributed by atoms with Gasteiger partial charge in [-0.05, 0) is 36.8 Å². The number of ether oxygens (including phenoxy) is 1. The standard InChI is InChI=1S/C19H22N2O2/c1-23-18-10-5-7-16(15-18)19(22)21-12-6-11-20(13-14-21)17-8-3-2-4-9-17/h2-5,7-10,15H,6,11-14H2,1H3. The first-order chi connectivity index (χ1) is 11.3. The minimum absolute atomic E-state index is 0.0822. The third-order valence-electron chi connectivity index (χ3n) is 4.22. The summed E-state index contributed by atoms with van der Waals surface area (Å²) in [5.74, 6) is 0.801. The number of amides is 1. The largest absolute Gasteiger partial charge is 0.497 e. The van der Waals surface area contributed by atoms with E-state index in [2.05, 4.69) is 29.2 Å². The lowest BCUT2D eigenvalue weighted by molar-refractivity contribution is 0.0766. The maximum absolute atomic E-state index is 12.7. The molecule has 4 nitrogen and oxygen atoms in total. The van der Waals surface area contributed by atoms with Gasteiger partial charge in [0.25, 0.3) is 5.91 Å². The van der Waals surface area contributed by atoms with Crippen molar-refractivity contribution in [3.8, 4) is 5.75 Å². The highest BCUT2D eigenvalue weighted by Crippen LogP contribution is 2.18. The van der Waals surface area contributed by atoms with Crippen LogP contribution in [-0.2, 0) is 0 Å². The van der Waals surface area contributed by atoms with Gasteiger partial charge in [-0.15, -0.1) is 0 Å². The van der Waals surface area contributed by atoms with E-state index in [0.717, 1.165) is 38.3 Å². The summed E-state index contributed by atoms with van der Waals surface area (Å²) in [7, 11) is 1.62. The molecule has 23 heavy (non-hydrogen) atoms. The third-order valence-corrected chi connectivity index (χ3v) is 4.22. The Kier molecular flexibility index (Phi) is 4.81. The van der Waals surface area contributed by atoms with Crippen molar-refractivity contribution >= 4 is 11.6 Å². The van der Waals surface area contributed by atoms with Gasteiger partial charge in [0, 0.05) is 37.4 Å². The van der Waals surface area contributed by atoms with Crippen LogP contribution in [0.2, 0.25) is 0 Å². The van der Waals surface area contributed by atoms with Crippen LogP contribution >= 0.6 is 0 Å². The Morgan fingerprint density at radius 2 is 1.78 bits per heavy atom. The van der Waals surface area contributed by atoms with Crippen molar-refractivity contribution in [1.82, 2.24) is 4.90 Å². The molecule has 1 fully saturated rings. The van der Waals surface area contributed by atoms with Crippen LogP contribution in [0.3, 0.4) is 0 Å². The molecule has 0 atom stereocenters. The summed E-state index contributed by atoms with van der Waals surface area (Å²) in [6.07, 6.45) is 0.977. The number of methoxy groups -OCH3 is 1. The molecule has 0 bridgehead atoms. The molecule has 4 heteroatoms. The average molecular weight is 310 g/mol. The molecular formula is C19H22N2O2. The molecule has 0 spiro atoms. The van der Waals surface area contributed by atoms with Gasteiger partial charge >= 0.3 is 0 Å². The molecule has 1 aliphatic heterocycles. The Labute approximate surface area is 137 Å². The van der Waals surface area contributed by atoms with E-state index in [1.807, 2.05) is 35.2 Å². The lowest BCUT2D eigenvalue weighted by atomic mass is 10.2. The SMILES string of the molecule is COc1cccc(C(=O)N2CCCN(c3ccccc3)CC2)c1. The quantitative estimate of drug-likeness (QED) is 0.873. The molecule has 1 aliphatic rings. The van der Waals surface area contributed by atoms with Gasteiger partial charge in [-0.25, -0.2) is 0 Å². The Morgan fingerprint density at radius 1 is 0.957 bits per heavy atom. The summed E-state index contributed by atoms with van der Waals surface area (Å²) in [6.45, 7) is 3.37. The van der Waals surface area contributed by atoms with Gasteiger partial charge < -0.3 is 14.5 Å². The first-order valence-electron chi connectivity index (χ1n) is 8.01. The molecule has 2 aromatic carbocycles. The Bertz CT molecular complexity index is 657. The summed E-state index contributed by atoms with van der Waals surface area (Å²) in [5.41, 5.74) is 1.92. The van der Waals surface area contributed by atoms with Crippen molar-refractivity contribution in [3.63, 3.8) is 0 Å². The fourth-order valence-corrected chi connectivity index (χ4v) is 2.96. The molecule has 120 valence electrons. The number of hydrogen-bond donors (Lipinski definition) is 0. The van der Waals surface area contributed by atoms with Gasteiger partial charge in [0.1, 0.15) is 5.75 Å². The summed E-state index contributed by atoms with van der Waals surface area (Å²) in [4.78, 5) is 17.0. The molecule has 0 N–H and O–H groups in total. The lowest BCUT2D eigenvalue weighted by Gasteiger charge is -2.23. The zero-order chi connectivity index (χ0) is 16.1. The van der Waals surface area contributed by atoms with Crippen LogP contribution in [0, 0.1) is 0 Å². The Hall–Kier alpha value is -2.49. The predicted molar refractivity (Wildman–Crippen MR) is 92.2 cm³/mol. The van der Waals surface area contributed by atoms with E-state index in [1.54, 1.807) is 7.11 Å².